The number of thiophene rings is 2. The molecule has 0 aromatic carbocycles. The molecule has 2 heterocycles. The Kier molecular flexibility index (Phi) is 5.12. The summed E-state index contributed by atoms with van der Waals surface area (Å²) in [6, 6.07) is 5.55. The van der Waals surface area contributed by atoms with Crippen molar-refractivity contribution in [3.05, 3.63) is 38.7 Å². The van der Waals surface area contributed by atoms with Crippen LogP contribution in [0, 0.1) is 0 Å². The molecule has 0 fully saturated rings. The lowest BCUT2D eigenvalue weighted by atomic mass is 10.4. The van der Waals surface area contributed by atoms with Crippen LogP contribution in [0.2, 0.25) is 0 Å². The first-order valence-corrected chi connectivity index (χ1v) is 9.16. The van der Waals surface area contributed by atoms with E-state index in [0.29, 0.717) is 18.0 Å². The summed E-state index contributed by atoms with van der Waals surface area (Å²) in [5.74, 6) is 0. The highest BCUT2D eigenvalue weighted by atomic mass is 32.2. The van der Waals surface area contributed by atoms with E-state index < -0.39 is 10.0 Å². The zero-order chi connectivity index (χ0) is 13.7. The second-order valence-corrected chi connectivity index (χ2v) is 7.73. The third-order valence-corrected chi connectivity index (χ3v) is 5.85. The largest absolute Gasteiger partial charge is 0.312 e. The maximum absolute atomic E-state index is 12.1. The molecule has 7 heteroatoms. The molecule has 0 spiro atoms. The zero-order valence-electron chi connectivity index (χ0n) is 10.5. The van der Waals surface area contributed by atoms with Crippen molar-refractivity contribution < 1.29 is 8.42 Å². The average Bonchev–Trinajstić information content (AvgIpc) is 3.05. The predicted octanol–water partition coefficient (Wildman–Crippen LogP) is 2.40. The Balaban J connectivity index is 2.00. The Hall–Kier alpha value is -0.730. The van der Waals surface area contributed by atoms with E-state index in [1.165, 1.54) is 11.3 Å². The van der Waals surface area contributed by atoms with Crippen molar-refractivity contribution >= 4 is 32.7 Å². The van der Waals surface area contributed by atoms with E-state index in [1.807, 2.05) is 24.4 Å². The van der Waals surface area contributed by atoms with Crippen molar-refractivity contribution in [3.8, 4) is 0 Å². The van der Waals surface area contributed by atoms with Crippen molar-refractivity contribution in [1.82, 2.24) is 10.0 Å². The Labute approximate surface area is 121 Å². The van der Waals surface area contributed by atoms with Gasteiger partial charge in [0, 0.05) is 28.2 Å². The average molecular weight is 316 g/mol. The molecule has 0 unspecified atom stereocenters. The van der Waals surface area contributed by atoms with Gasteiger partial charge in [-0.2, -0.15) is 0 Å². The predicted molar refractivity (Wildman–Crippen MR) is 80.0 cm³/mol. The topological polar surface area (TPSA) is 58.2 Å². The lowest BCUT2D eigenvalue weighted by molar-refractivity contribution is 0.582. The van der Waals surface area contributed by atoms with Gasteiger partial charge < -0.3 is 5.32 Å². The van der Waals surface area contributed by atoms with Crippen LogP contribution in [-0.4, -0.2) is 15.0 Å². The SMILES string of the molecule is CCNCc1cc(S(=O)(=O)NCc2cccs2)cs1. The van der Waals surface area contributed by atoms with Gasteiger partial charge >= 0.3 is 0 Å². The van der Waals surface area contributed by atoms with Gasteiger partial charge in [-0.05, 0) is 24.1 Å². The molecule has 2 N–H and O–H groups in total. The third kappa shape index (κ3) is 4.12. The van der Waals surface area contributed by atoms with Crippen LogP contribution in [-0.2, 0) is 23.1 Å². The summed E-state index contributed by atoms with van der Waals surface area (Å²) < 4.78 is 26.8. The molecule has 0 bridgehead atoms. The highest BCUT2D eigenvalue weighted by Gasteiger charge is 2.15. The second-order valence-electron chi connectivity index (χ2n) is 3.93. The minimum atomic E-state index is -3.40. The Morgan fingerprint density at radius 2 is 2.05 bits per heavy atom. The van der Waals surface area contributed by atoms with Crippen molar-refractivity contribution in [1.29, 1.82) is 0 Å². The lowest BCUT2D eigenvalue weighted by Gasteiger charge is -2.03. The molecule has 0 aliphatic carbocycles. The highest BCUT2D eigenvalue weighted by Crippen LogP contribution is 2.19. The van der Waals surface area contributed by atoms with E-state index in [1.54, 1.807) is 22.8 Å². The van der Waals surface area contributed by atoms with Crippen molar-refractivity contribution in [3.63, 3.8) is 0 Å². The first-order valence-electron chi connectivity index (χ1n) is 5.92. The van der Waals surface area contributed by atoms with Gasteiger partial charge in [-0.15, -0.1) is 22.7 Å². The fourth-order valence-electron chi connectivity index (χ4n) is 1.50. The summed E-state index contributed by atoms with van der Waals surface area (Å²) in [7, 11) is -3.40. The molecule has 0 saturated carbocycles. The Morgan fingerprint density at radius 3 is 2.74 bits per heavy atom. The number of hydrogen-bond acceptors (Lipinski definition) is 5. The zero-order valence-corrected chi connectivity index (χ0v) is 13.0. The van der Waals surface area contributed by atoms with E-state index in [-0.39, 0.29) is 0 Å². The van der Waals surface area contributed by atoms with E-state index in [4.69, 9.17) is 0 Å². The molecule has 104 valence electrons. The third-order valence-electron chi connectivity index (χ3n) is 2.51. The van der Waals surface area contributed by atoms with Gasteiger partial charge in [0.25, 0.3) is 0 Å². The molecule has 0 aliphatic heterocycles. The van der Waals surface area contributed by atoms with E-state index in [2.05, 4.69) is 10.0 Å². The van der Waals surface area contributed by atoms with Crippen molar-refractivity contribution in [2.45, 2.75) is 24.9 Å². The van der Waals surface area contributed by atoms with Crippen LogP contribution >= 0.6 is 22.7 Å². The van der Waals surface area contributed by atoms with Crippen LogP contribution in [0.15, 0.2) is 33.9 Å². The maximum atomic E-state index is 12.1. The molecule has 0 aliphatic rings. The maximum Gasteiger partial charge on any atom is 0.241 e. The summed E-state index contributed by atoms with van der Waals surface area (Å²) in [6.07, 6.45) is 0. The van der Waals surface area contributed by atoms with Crippen molar-refractivity contribution in [2.75, 3.05) is 6.54 Å². The molecule has 19 heavy (non-hydrogen) atoms. The molecule has 0 amide bonds. The molecule has 0 atom stereocenters. The van der Waals surface area contributed by atoms with Crippen LogP contribution in [0.3, 0.4) is 0 Å². The quantitative estimate of drug-likeness (QED) is 0.824. The molecule has 0 saturated heterocycles. The van der Waals surface area contributed by atoms with Crippen molar-refractivity contribution in [2.24, 2.45) is 0 Å². The van der Waals surface area contributed by atoms with E-state index in [0.717, 1.165) is 16.3 Å². The molecule has 4 nitrogen and oxygen atoms in total. The minimum absolute atomic E-state index is 0.346. The van der Waals surface area contributed by atoms with Gasteiger partial charge in [0.05, 0.1) is 4.90 Å². The first-order chi connectivity index (χ1) is 9.12. The van der Waals surface area contributed by atoms with Gasteiger partial charge in [-0.3, -0.25) is 0 Å². The highest BCUT2D eigenvalue weighted by molar-refractivity contribution is 7.89. The molecule has 0 radical (unpaired) electrons. The Bertz CT molecular complexity index is 603. The van der Waals surface area contributed by atoms with Crippen LogP contribution in [0.25, 0.3) is 0 Å². The molecular formula is C12H16N2O2S3. The summed E-state index contributed by atoms with van der Waals surface area (Å²) in [4.78, 5) is 2.38. The number of hydrogen-bond donors (Lipinski definition) is 2. The standard InChI is InChI=1S/C12H16N2O2S3/c1-2-13-7-11-6-12(9-18-11)19(15,16)14-8-10-4-3-5-17-10/h3-6,9,13-14H,2,7-8H2,1H3. The van der Waals surface area contributed by atoms with Gasteiger partial charge in [-0.25, -0.2) is 13.1 Å². The van der Waals surface area contributed by atoms with E-state index in [9.17, 15) is 8.42 Å². The van der Waals surface area contributed by atoms with Crippen LogP contribution in [0.4, 0.5) is 0 Å². The number of rotatable bonds is 7. The number of sulfonamides is 1. The van der Waals surface area contributed by atoms with Gasteiger partial charge in [-0.1, -0.05) is 13.0 Å². The normalized spacial score (nSPS) is 11.8. The van der Waals surface area contributed by atoms with Crippen LogP contribution in [0.5, 0.6) is 0 Å². The smallest absolute Gasteiger partial charge is 0.241 e. The fourth-order valence-corrected chi connectivity index (χ4v) is 4.49. The summed E-state index contributed by atoms with van der Waals surface area (Å²) in [6.45, 7) is 3.95. The van der Waals surface area contributed by atoms with E-state index >= 15 is 0 Å². The second kappa shape index (κ2) is 6.62. The van der Waals surface area contributed by atoms with Crippen LogP contribution in [0.1, 0.15) is 16.7 Å². The van der Waals surface area contributed by atoms with Gasteiger partial charge in [0.15, 0.2) is 0 Å². The Morgan fingerprint density at radius 1 is 1.21 bits per heavy atom. The number of nitrogens with one attached hydrogen (secondary N) is 2. The lowest BCUT2D eigenvalue weighted by Crippen LogP contribution is -2.22. The molecule has 2 aromatic rings. The molecule has 2 rings (SSSR count). The van der Waals surface area contributed by atoms with Gasteiger partial charge in [0.2, 0.25) is 10.0 Å². The summed E-state index contributed by atoms with van der Waals surface area (Å²) >= 11 is 3.00. The van der Waals surface area contributed by atoms with Crippen LogP contribution < -0.4 is 10.0 Å². The monoisotopic (exact) mass is 316 g/mol. The minimum Gasteiger partial charge on any atom is -0.312 e. The van der Waals surface area contributed by atoms with Gasteiger partial charge in [0.1, 0.15) is 0 Å². The molecule has 2 aromatic heterocycles. The summed E-state index contributed by atoms with van der Waals surface area (Å²) in [5, 5.41) is 6.80. The first kappa shape index (κ1) is 14.7. The summed E-state index contributed by atoms with van der Waals surface area (Å²) in [5.41, 5.74) is 0. The fraction of sp³-hybridized carbons (Fsp3) is 0.333. The molecular weight excluding hydrogens is 300 g/mol.